The zero-order valence-electron chi connectivity index (χ0n) is 6.31. The largest absolute Gasteiger partial charge is 3.00 e. The number of carbonyl (C=O) groups is 2. The first-order valence-corrected chi connectivity index (χ1v) is 3.04. The molecular formula is C6H7FeO5. The number of hydrogen-bond donors (Lipinski definition) is 0. The molecule has 0 aliphatic carbocycles. The fourth-order valence-corrected chi connectivity index (χ4v) is 0.575. The van der Waals surface area contributed by atoms with Crippen LogP contribution in [0.25, 0.3) is 0 Å². The molecule has 0 saturated carbocycles. The van der Waals surface area contributed by atoms with E-state index in [2.05, 4.69) is 0 Å². The number of carboxylic acids is 2. The summed E-state index contributed by atoms with van der Waals surface area (Å²) in [5.74, 6) is -3.57. The predicted octanol–water partition coefficient (Wildman–Crippen LogP) is -3.62. The molecule has 0 aliphatic heterocycles. The third-order valence-electron chi connectivity index (χ3n) is 1.37. The van der Waals surface area contributed by atoms with E-state index in [0.29, 0.717) is 0 Å². The second kappa shape index (κ2) is 5.13. The number of carbonyl (C=O) groups excluding carboxylic acids is 2. The smallest absolute Gasteiger partial charge is 0.845 e. The maximum absolute atomic E-state index is 10.9. The summed E-state index contributed by atoms with van der Waals surface area (Å²) in [6.45, 7) is 1.28. The van der Waals surface area contributed by atoms with Crippen molar-refractivity contribution in [3.8, 4) is 0 Å². The monoisotopic (exact) mass is 215 g/mol. The third-order valence-corrected chi connectivity index (χ3v) is 1.37. The average Bonchev–Trinajstić information content (AvgIpc) is 1.86. The van der Waals surface area contributed by atoms with Gasteiger partial charge in [-0.2, -0.15) is 0 Å². The second-order valence-electron chi connectivity index (χ2n) is 2.18. The van der Waals surface area contributed by atoms with Crippen LogP contribution in [0.15, 0.2) is 0 Å². The molecule has 0 heterocycles. The minimum atomic E-state index is -2.54. The van der Waals surface area contributed by atoms with E-state index >= 15 is 0 Å². The molecule has 0 aromatic rings. The summed E-state index contributed by atoms with van der Waals surface area (Å²) in [6.07, 6.45) is -1.38. The second-order valence-corrected chi connectivity index (χ2v) is 2.18. The first kappa shape index (κ1) is 14.0. The van der Waals surface area contributed by atoms with Crippen LogP contribution in [0.1, 0.15) is 19.8 Å². The van der Waals surface area contributed by atoms with Crippen LogP contribution in [0.5, 0.6) is 0 Å². The van der Waals surface area contributed by atoms with Gasteiger partial charge in [0.05, 0.1) is 0 Å². The molecule has 0 aromatic heterocycles. The Morgan fingerprint density at radius 1 is 1.33 bits per heavy atom. The van der Waals surface area contributed by atoms with Gasteiger partial charge in [-0.25, -0.2) is 0 Å². The Balaban J connectivity index is 0. The average molecular weight is 215 g/mol. The van der Waals surface area contributed by atoms with Crippen molar-refractivity contribution in [2.24, 2.45) is 0 Å². The van der Waals surface area contributed by atoms with Crippen molar-refractivity contribution in [1.29, 1.82) is 0 Å². The van der Waals surface area contributed by atoms with E-state index in [4.69, 9.17) is 0 Å². The summed E-state index contributed by atoms with van der Waals surface area (Å²) in [7, 11) is 0. The SMILES string of the molecule is CCC([O-])(CC(=O)[O-])C(=O)[O-].[Fe+3]. The molecule has 69 valence electrons. The molecule has 0 rings (SSSR count). The van der Waals surface area contributed by atoms with Crippen LogP contribution in [0, 0.1) is 0 Å². The van der Waals surface area contributed by atoms with E-state index in [1.165, 1.54) is 6.92 Å². The van der Waals surface area contributed by atoms with Gasteiger partial charge < -0.3 is 24.9 Å². The van der Waals surface area contributed by atoms with Crippen LogP contribution in [0.4, 0.5) is 0 Å². The Labute approximate surface area is 79.9 Å². The zero-order chi connectivity index (χ0) is 9.07. The van der Waals surface area contributed by atoms with Crippen LogP contribution in [0.2, 0.25) is 0 Å². The van der Waals surface area contributed by atoms with Gasteiger partial charge in [-0.1, -0.05) is 18.9 Å². The summed E-state index contributed by atoms with van der Waals surface area (Å²) in [5, 5.41) is 30.8. The molecule has 0 N–H and O–H groups in total. The van der Waals surface area contributed by atoms with Crippen LogP contribution < -0.4 is 15.3 Å². The Kier molecular flexibility index (Phi) is 5.98. The Bertz CT molecular complexity index is 181. The first-order chi connectivity index (χ1) is 4.92. The van der Waals surface area contributed by atoms with Crippen LogP contribution in [0.3, 0.4) is 0 Å². The van der Waals surface area contributed by atoms with E-state index in [1.807, 2.05) is 0 Å². The van der Waals surface area contributed by atoms with Crippen molar-refractivity contribution >= 4 is 11.9 Å². The quantitative estimate of drug-likeness (QED) is 0.450. The van der Waals surface area contributed by atoms with Crippen LogP contribution >= 0.6 is 0 Å². The van der Waals surface area contributed by atoms with Crippen LogP contribution in [-0.2, 0) is 26.7 Å². The maximum atomic E-state index is 10.9. The van der Waals surface area contributed by atoms with Gasteiger partial charge in [0, 0.05) is 11.9 Å². The summed E-state index contributed by atoms with van der Waals surface area (Å²) in [4.78, 5) is 19.9. The van der Waals surface area contributed by atoms with Crippen molar-refractivity contribution in [1.82, 2.24) is 0 Å². The Morgan fingerprint density at radius 3 is 1.83 bits per heavy atom. The molecule has 0 spiro atoms. The van der Waals surface area contributed by atoms with Gasteiger partial charge in [0.1, 0.15) is 0 Å². The van der Waals surface area contributed by atoms with E-state index in [1.54, 1.807) is 0 Å². The van der Waals surface area contributed by atoms with Gasteiger partial charge in [-0.3, -0.25) is 0 Å². The van der Waals surface area contributed by atoms with E-state index < -0.39 is 24.0 Å². The molecule has 0 amide bonds. The molecule has 0 aliphatic rings. The van der Waals surface area contributed by atoms with Gasteiger partial charge in [0.25, 0.3) is 0 Å². The fraction of sp³-hybridized carbons (Fsp3) is 0.667. The van der Waals surface area contributed by atoms with Gasteiger partial charge in [0.2, 0.25) is 0 Å². The van der Waals surface area contributed by atoms with Gasteiger partial charge in [-0.15, -0.1) is 0 Å². The van der Waals surface area contributed by atoms with Crippen molar-refractivity contribution in [2.75, 3.05) is 0 Å². The normalized spacial score (nSPS) is 14.2. The minimum absolute atomic E-state index is 0. The summed E-state index contributed by atoms with van der Waals surface area (Å²) < 4.78 is 0. The molecule has 0 aromatic carbocycles. The third kappa shape index (κ3) is 3.71. The Morgan fingerprint density at radius 2 is 1.75 bits per heavy atom. The number of rotatable bonds is 4. The molecule has 0 fully saturated rings. The minimum Gasteiger partial charge on any atom is -0.845 e. The maximum Gasteiger partial charge on any atom is 3.00 e. The van der Waals surface area contributed by atoms with Crippen molar-refractivity contribution < 1.29 is 42.0 Å². The molecule has 1 unspecified atom stereocenters. The summed E-state index contributed by atoms with van der Waals surface area (Å²) in [6, 6.07) is 0. The molecule has 1 atom stereocenters. The van der Waals surface area contributed by atoms with Crippen molar-refractivity contribution in [2.45, 2.75) is 25.4 Å². The van der Waals surface area contributed by atoms with Crippen LogP contribution in [-0.4, -0.2) is 17.5 Å². The van der Waals surface area contributed by atoms with Gasteiger partial charge in [-0.05, 0) is 6.42 Å². The van der Waals surface area contributed by atoms with Gasteiger partial charge >= 0.3 is 17.1 Å². The fourth-order valence-electron chi connectivity index (χ4n) is 0.575. The summed E-state index contributed by atoms with van der Waals surface area (Å²) in [5.41, 5.74) is -2.54. The van der Waals surface area contributed by atoms with E-state index in [0.717, 1.165) is 0 Å². The predicted molar refractivity (Wildman–Crippen MR) is 27.7 cm³/mol. The topological polar surface area (TPSA) is 103 Å². The zero-order valence-corrected chi connectivity index (χ0v) is 7.41. The number of aliphatic carboxylic acids is 2. The molecule has 0 bridgehead atoms. The van der Waals surface area contributed by atoms with Crippen molar-refractivity contribution in [3.63, 3.8) is 0 Å². The summed E-state index contributed by atoms with van der Waals surface area (Å²) >= 11 is 0. The van der Waals surface area contributed by atoms with E-state index in [9.17, 15) is 24.9 Å². The van der Waals surface area contributed by atoms with Gasteiger partial charge in [0.15, 0.2) is 0 Å². The molecule has 0 saturated heterocycles. The standard InChI is InChI=1S/C6H9O5.Fe/c1-2-6(11,5(9)10)3-4(7)8;/h2-3H2,1H3,(H,7,8)(H,9,10);/q-1;+3/p-2. The number of carboxylic acid groups (broad SMARTS) is 2. The number of hydrogen-bond acceptors (Lipinski definition) is 5. The molecule has 6 heteroatoms. The molecule has 1 radical (unpaired) electrons. The molecule has 12 heavy (non-hydrogen) atoms. The van der Waals surface area contributed by atoms with Crippen molar-refractivity contribution in [3.05, 3.63) is 0 Å². The van der Waals surface area contributed by atoms with E-state index in [-0.39, 0.29) is 23.5 Å². The molecule has 5 nitrogen and oxygen atoms in total. The molecular weight excluding hydrogens is 208 g/mol. The first-order valence-electron chi connectivity index (χ1n) is 3.04. The Hall–Kier alpha value is -0.581.